The summed E-state index contributed by atoms with van der Waals surface area (Å²) in [4.78, 5) is 19.3. The first-order chi connectivity index (χ1) is 8.54. The van der Waals surface area contributed by atoms with Crippen molar-refractivity contribution in [2.24, 2.45) is 0 Å². The van der Waals surface area contributed by atoms with Crippen LogP contribution in [0.5, 0.6) is 0 Å². The van der Waals surface area contributed by atoms with Crippen LogP contribution in [0.2, 0.25) is 0 Å². The topological polar surface area (TPSA) is 72.3 Å². The highest BCUT2D eigenvalue weighted by Crippen LogP contribution is 2.13. The van der Waals surface area contributed by atoms with Gasteiger partial charge in [0, 0.05) is 24.4 Å². The number of rotatable bonds is 7. The molecule has 18 heavy (non-hydrogen) atoms. The van der Waals surface area contributed by atoms with E-state index in [-0.39, 0.29) is 6.42 Å². The Labute approximate surface area is 107 Å². The molecule has 1 N–H and O–H groups in total. The quantitative estimate of drug-likeness (QED) is 0.752. The molecule has 0 bridgehead atoms. The predicted octanol–water partition coefficient (Wildman–Crippen LogP) is 2.04. The Bertz CT molecular complexity index is 396. The Balaban J connectivity index is 2.74. The molecule has 0 aliphatic heterocycles. The number of hydrogen-bond acceptors (Lipinski definition) is 4. The van der Waals surface area contributed by atoms with E-state index in [1.54, 1.807) is 0 Å². The van der Waals surface area contributed by atoms with Gasteiger partial charge in [-0.25, -0.2) is 9.97 Å². The normalized spacial score (nSPS) is 10.6. The molecule has 0 saturated heterocycles. The van der Waals surface area contributed by atoms with Crippen LogP contribution in [-0.2, 0) is 22.6 Å². The third-order valence-corrected chi connectivity index (χ3v) is 2.64. The fraction of sp³-hybridized carbons (Fsp3) is 0.615. The van der Waals surface area contributed by atoms with E-state index in [2.05, 4.69) is 9.97 Å². The molecule has 100 valence electrons. The third-order valence-electron chi connectivity index (χ3n) is 2.64. The molecule has 1 aromatic heterocycles. The molecule has 0 spiro atoms. The molecule has 0 aliphatic rings. The average molecular weight is 252 g/mol. The van der Waals surface area contributed by atoms with Crippen LogP contribution in [0, 0.1) is 13.8 Å². The van der Waals surface area contributed by atoms with Crippen molar-refractivity contribution in [2.45, 2.75) is 46.6 Å². The lowest BCUT2D eigenvalue weighted by Crippen LogP contribution is -2.09. The minimum atomic E-state index is -0.802. The van der Waals surface area contributed by atoms with Crippen LogP contribution in [0.3, 0.4) is 0 Å². The SMILES string of the molecule is CCCOCc1nc(C)c(CCC(=O)O)c(C)n1. The predicted molar refractivity (Wildman–Crippen MR) is 67.4 cm³/mol. The van der Waals surface area contributed by atoms with Gasteiger partial charge in [0.25, 0.3) is 0 Å². The summed E-state index contributed by atoms with van der Waals surface area (Å²) in [5.41, 5.74) is 2.62. The van der Waals surface area contributed by atoms with Crippen molar-refractivity contribution in [2.75, 3.05) is 6.61 Å². The van der Waals surface area contributed by atoms with Crippen molar-refractivity contribution in [1.82, 2.24) is 9.97 Å². The van der Waals surface area contributed by atoms with Gasteiger partial charge in [0.2, 0.25) is 0 Å². The molecule has 0 radical (unpaired) electrons. The number of carboxylic acid groups (broad SMARTS) is 1. The van der Waals surface area contributed by atoms with Crippen LogP contribution in [-0.4, -0.2) is 27.7 Å². The zero-order valence-corrected chi connectivity index (χ0v) is 11.2. The zero-order chi connectivity index (χ0) is 13.5. The van der Waals surface area contributed by atoms with Crippen molar-refractivity contribution in [1.29, 1.82) is 0 Å². The van der Waals surface area contributed by atoms with Crippen LogP contribution in [0.1, 0.15) is 42.5 Å². The second-order valence-corrected chi connectivity index (χ2v) is 4.24. The lowest BCUT2D eigenvalue weighted by Gasteiger charge is -2.10. The Morgan fingerprint density at radius 3 is 2.39 bits per heavy atom. The van der Waals surface area contributed by atoms with Gasteiger partial charge < -0.3 is 9.84 Å². The Morgan fingerprint density at radius 1 is 1.28 bits per heavy atom. The van der Waals surface area contributed by atoms with Gasteiger partial charge in [-0.05, 0) is 32.3 Å². The first-order valence-corrected chi connectivity index (χ1v) is 6.17. The van der Waals surface area contributed by atoms with Gasteiger partial charge in [-0.3, -0.25) is 4.79 Å². The number of aromatic nitrogens is 2. The van der Waals surface area contributed by atoms with Gasteiger partial charge in [0.1, 0.15) is 6.61 Å². The summed E-state index contributed by atoms with van der Waals surface area (Å²) in [6, 6.07) is 0. The standard InChI is InChI=1S/C13H20N2O3/c1-4-7-18-8-12-14-9(2)11(10(3)15-12)5-6-13(16)17/h4-8H2,1-3H3,(H,16,17). The van der Waals surface area contributed by atoms with Gasteiger partial charge in [0.05, 0.1) is 0 Å². The Kier molecular flexibility index (Phi) is 5.71. The van der Waals surface area contributed by atoms with Gasteiger partial charge in [0.15, 0.2) is 5.82 Å². The zero-order valence-electron chi connectivity index (χ0n) is 11.2. The summed E-state index contributed by atoms with van der Waals surface area (Å²) in [7, 11) is 0. The molecule has 0 fully saturated rings. The summed E-state index contributed by atoms with van der Waals surface area (Å²) < 4.78 is 5.40. The van der Waals surface area contributed by atoms with Gasteiger partial charge >= 0.3 is 5.97 Å². The first-order valence-electron chi connectivity index (χ1n) is 6.17. The smallest absolute Gasteiger partial charge is 0.303 e. The van der Waals surface area contributed by atoms with Gasteiger partial charge in [-0.2, -0.15) is 0 Å². The number of nitrogens with zero attached hydrogens (tertiary/aromatic N) is 2. The minimum absolute atomic E-state index is 0.108. The molecule has 1 rings (SSSR count). The number of aryl methyl sites for hydroxylation is 2. The summed E-state index contributed by atoms with van der Waals surface area (Å²) in [5, 5.41) is 8.69. The Hall–Kier alpha value is -1.49. The molecule has 5 heteroatoms. The molecule has 0 saturated carbocycles. The van der Waals surface area contributed by atoms with Crippen LogP contribution >= 0.6 is 0 Å². The monoisotopic (exact) mass is 252 g/mol. The Morgan fingerprint density at radius 2 is 1.89 bits per heavy atom. The lowest BCUT2D eigenvalue weighted by atomic mass is 10.1. The van der Waals surface area contributed by atoms with Gasteiger partial charge in [-0.15, -0.1) is 0 Å². The van der Waals surface area contributed by atoms with Crippen LogP contribution < -0.4 is 0 Å². The molecule has 1 aromatic rings. The molecule has 0 aliphatic carbocycles. The maximum atomic E-state index is 10.6. The largest absolute Gasteiger partial charge is 0.481 e. The van der Waals surface area contributed by atoms with E-state index in [9.17, 15) is 4.79 Å². The fourth-order valence-corrected chi connectivity index (χ4v) is 1.78. The van der Waals surface area contributed by atoms with Crippen molar-refractivity contribution in [3.8, 4) is 0 Å². The maximum Gasteiger partial charge on any atom is 0.303 e. The lowest BCUT2D eigenvalue weighted by molar-refractivity contribution is -0.136. The van der Waals surface area contributed by atoms with Crippen LogP contribution in [0.25, 0.3) is 0 Å². The maximum absolute atomic E-state index is 10.6. The second kappa shape index (κ2) is 7.06. The third kappa shape index (κ3) is 4.41. The van der Waals surface area contributed by atoms with Crippen molar-refractivity contribution in [3.63, 3.8) is 0 Å². The average Bonchev–Trinajstić information content (AvgIpc) is 2.28. The molecular weight excluding hydrogens is 232 g/mol. The van der Waals surface area contributed by atoms with Gasteiger partial charge in [-0.1, -0.05) is 6.92 Å². The van der Waals surface area contributed by atoms with Crippen molar-refractivity contribution >= 4 is 5.97 Å². The van der Waals surface area contributed by atoms with Crippen molar-refractivity contribution in [3.05, 3.63) is 22.8 Å². The van der Waals surface area contributed by atoms with E-state index in [1.807, 2.05) is 20.8 Å². The number of carboxylic acids is 1. The molecule has 1 heterocycles. The molecule has 5 nitrogen and oxygen atoms in total. The fourth-order valence-electron chi connectivity index (χ4n) is 1.78. The van der Waals surface area contributed by atoms with Crippen LogP contribution in [0.4, 0.5) is 0 Å². The molecular formula is C13H20N2O3. The second-order valence-electron chi connectivity index (χ2n) is 4.24. The number of carbonyl (C=O) groups is 1. The molecule has 0 amide bonds. The number of hydrogen-bond donors (Lipinski definition) is 1. The van der Waals surface area contributed by atoms with E-state index < -0.39 is 5.97 Å². The molecule has 0 aromatic carbocycles. The summed E-state index contributed by atoms with van der Waals surface area (Å²) in [6.07, 6.45) is 1.55. The minimum Gasteiger partial charge on any atom is -0.481 e. The molecule has 0 unspecified atom stereocenters. The van der Waals surface area contributed by atoms with E-state index >= 15 is 0 Å². The highest BCUT2D eigenvalue weighted by molar-refractivity contribution is 5.67. The molecule has 0 atom stereocenters. The van der Waals surface area contributed by atoms with E-state index in [4.69, 9.17) is 9.84 Å². The highest BCUT2D eigenvalue weighted by Gasteiger charge is 2.10. The summed E-state index contributed by atoms with van der Waals surface area (Å²) in [5.74, 6) is -0.137. The highest BCUT2D eigenvalue weighted by atomic mass is 16.5. The first kappa shape index (κ1) is 14.6. The summed E-state index contributed by atoms with van der Waals surface area (Å²) >= 11 is 0. The van der Waals surface area contributed by atoms with E-state index in [0.717, 1.165) is 23.4 Å². The number of aliphatic carboxylic acids is 1. The van der Waals surface area contributed by atoms with Crippen LogP contribution in [0.15, 0.2) is 0 Å². The van der Waals surface area contributed by atoms with E-state index in [1.165, 1.54) is 0 Å². The summed E-state index contributed by atoms with van der Waals surface area (Å²) in [6.45, 7) is 6.92. The number of ether oxygens (including phenoxy) is 1. The van der Waals surface area contributed by atoms with E-state index in [0.29, 0.717) is 25.5 Å². The van der Waals surface area contributed by atoms with Crippen molar-refractivity contribution < 1.29 is 14.6 Å².